The minimum Gasteiger partial charge on any atom is -0.362 e. The van der Waals surface area contributed by atoms with Crippen LogP contribution in [-0.4, -0.2) is 23.7 Å². The summed E-state index contributed by atoms with van der Waals surface area (Å²) in [5, 5.41) is 15.1. The monoisotopic (exact) mass is 400 g/mol. The molecule has 7 heteroatoms. The van der Waals surface area contributed by atoms with Gasteiger partial charge >= 0.3 is 0 Å². The smallest absolute Gasteiger partial charge is 0.263 e. The lowest BCUT2D eigenvalue weighted by Gasteiger charge is -2.25. The predicted octanol–water partition coefficient (Wildman–Crippen LogP) is 2.23. The van der Waals surface area contributed by atoms with Crippen molar-refractivity contribution in [2.75, 3.05) is 13.3 Å². The predicted molar refractivity (Wildman–Crippen MR) is 119 cm³/mol. The molecule has 3 aromatic rings. The highest BCUT2D eigenvalue weighted by Gasteiger charge is 2.24. The quantitative estimate of drug-likeness (QED) is 0.540. The van der Waals surface area contributed by atoms with Gasteiger partial charge in [0, 0.05) is 11.4 Å². The Balaban J connectivity index is 1.66. The molecule has 4 N–H and O–H groups in total. The molecular formula is C23H24N6O. The molecule has 3 heterocycles. The fourth-order valence-electron chi connectivity index (χ4n) is 4.15. The number of aryl methyl sites for hydroxylation is 1. The van der Waals surface area contributed by atoms with E-state index in [2.05, 4.69) is 39.2 Å². The molecule has 152 valence electrons. The summed E-state index contributed by atoms with van der Waals surface area (Å²) in [6.07, 6.45) is 0. The van der Waals surface area contributed by atoms with E-state index in [1.807, 2.05) is 60.0 Å². The number of rotatable bonds is 4. The summed E-state index contributed by atoms with van der Waals surface area (Å²) in [6.45, 7) is 5.21. The summed E-state index contributed by atoms with van der Waals surface area (Å²) < 4.78 is 1.82. The van der Waals surface area contributed by atoms with E-state index in [1.165, 1.54) is 0 Å². The zero-order valence-electron chi connectivity index (χ0n) is 17.0. The number of para-hydroxylation sites is 1. The van der Waals surface area contributed by atoms with Crippen molar-refractivity contribution < 1.29 is 0 Å². The van der Waals surface area contributed by atoms with E-state index in [1.54, 1.807) is 0 Å². The first-order valence-corrected chi connectivity index (χ1v) is 10.1. The van der Waals surface area contributed by atoms with Crippen LogP contribution in [0.15, 0.2) is 75.9 Å². The number of nitrogens with zero attached hydrogens (tertiary/aromatic N) is 2. The standard InChI is InChI=1S/C23H24N6O/c1-14-7-6-8-16-11-18(29(23(30)19(14)16)17-9-4-3-5-10-17)15(2)28-22-20-21(25-12-24-20)26-13-27-22/h3-11,15,24,27-28H,12-13H2,1-2H3,(H,25,26)/t15-/m0/s1. The highest BCUT2D eigenvalue weighted by Crippen LogP contribution is 2.24. The molecular weight excluding hydrogens is 376 g/mol. The van der Waals surface area contributed by atoms with Gasteiger partial charge in [-0.25, -0.2) is 4.99 Å². The molecule has 1 fully saturated rings. The first kappa shape index (κ1) is 18.3. The van der Waals surface area contributed by atoms with E-state index in [-0.39, 0.29) is 11.6 Å². The fourth-order valence-corrected chi connectivity index (χ4v) is 4.15. The Morgan fingerprint density at radius 3 is 2.73 bits per heavy atom. The molecule has 0 aliphatic carbocycles. The van der Waals surface area contributed by atoms with Gasteiger partial charge in [-0.2, -0.15) is 0 Å². The van der Waals surface area contributed by atoms with Crippen molar-refractivity contribution >= 4 is 16.6 Å². The topological polar surface area (TPSA) is 82.5 Å². The van der Waals surface area contributed by atoms with Crippen LogP contribution in [0.3, 0.4) is 0 Å². The third kappa shape index (κ3) is 2.99. The van der Waals surface area contributed by atoms with Crippen LogP contribution in [0.25, 0.3) is 16.5 Å². The van der Waals surface area contributed by atoms with Gasteiger partial charge < -0.3 is 21.3 Å². The Morgan fingerprint density at radius 1 is 1.07 bits per heavy atom. The minimum absolute atomic E-state index is 0.00221. The van der Waals surface area contributed by atoms with Gasteiger partial charge in [0.2, 0.25) is 0 Å². The number of hydrogen-bond donors (Lipinski definition) is 4. The second-order valence-corrected chi connectivity index (χ2v) is 7.57. The molecule has 0 saturated carbocycles. The molecule has 0 unspecified atom stereocenters. The van der Waals surface area contributed by atoms with Gasteiger partial charge in [0.25, 0.3) is 5.56 Å². The summed E-state index contributed by atoms with van der Waals surface area (Å²) in [6, 6.07) is 17.8. The number of pyridine rings is 1. The Bertz CT molecular complexity index is 1240. The van der Waals surface area contributed by atoms with Crippen LogP contribution in [0.1, 0.15) is 24.2 Å². The third-order valence-corrected chi connectivity index (χ3v) is 5.60. The zero-order chi connectivity index (χ0) is 20.7. The van der Waals surface area contributed by atoms with E-state index in [4.69, 9.17) is 0 Å². The fraction of sp³-hybridized carbons (Fsp3) is 0.217. The Kier molecular flexibility index (Phi) is 4.43. The van der Waals surface area contributed by atoms with Crippen LogP contribution in [0.4, 0.5) is 0 Å². The number of fused-ring (bicyclic) bond motifs is 2. The summed E-state index contributed by atoms with van der Waals surface area (Å²) in [4.78, 5) is 18.0. The average Bonchev–Trinajstić information content (AvgIpc) is 3.24. The van der Waals surface area contributed by atoms with Crippen LogP contribution in [0.5, 0.6) is 0 Å². The molecule has 1 aromatic heterocycles. The van der Waals surface area contributed by atoms with Crippen molar-refractivity contribution in [2.45, 2.75) is 19.9 Å². The molecule has 2 aromatic carbocycles. The lowest BCUT2D eigenvalue weighted by atomic mass is 10.0. The first-order valence-electron chi connectivity index (χ1n) is 10.1. The van der Waals surface area contributed by atoms with Gasteiger partial charge in [0.1, 0.15) is 18.2 Å². The van der Waals surface area contributed by atoms with Gasteiger partial charge in [-0.3, -0.25) is 9.36 Å². The summed E-state index contributed by atoms with van der Waals surface area (Å²) in [7, 11) is 0. The summed E-state index contributed by atoms with van der Waals surface area (Å²) in [5.74, 6) is 1.74. The molecule has 0 bridgehead atoms. The van der Waals surface area contributed by atoms with Crippen LogP contribution in [-0.2, 0) is 0 Å². The number of amidine groups is 1. The highest BCUT2D eigenvalue weighted by molar-refractivity contribution is 6.00. The van der Waals surface area contributed by atoms with Crippen LogP contribution in [0.2, 0.25) is 0 Å². The zero-order valence-corrected chi connectivity index (χ0v) is 17.0. The van der Waals surface area contributed by atoms with Gasteiger partial charge in [-0.05, 0) is 43.0 Å². The number of nitrogens with one attached hydrogen (secondary N) is 4. The highest BCUT2D eigenvalue weighted by atomic mass is 16.1. The first-order chi connectivity index (χ1) is 14.6. The van der Waals surface area contributed by atoms with Gasteiger partial charge in [-0.1, -0.05) is 36.4 Å². The lowest BCUT2D eigenvalue weighted by molar-refractivity contribution is 0.563. The number of aliphatic imine (C=N–C) groups is 1. The van der Waals surface area contributed by atoms with E-state index < -0.39 is 0 Å². The van der Waals surface area contributed by atoms with Crippen LogP contribution < -0.4 is 26.8 Å². The SMILES string of the molecule is Cc1cccc2cc([C@H](C)NC3=C4NCNC4=NCN3)n(-c3ccccc3)c(=O)c12. The lowest BCUT2D eigenvalue weighted by Crippen LogP contribution is -2.38. The molecule has 1 saturated heterocycles. The van der Waals surface area contributed by atoms with Gasteiger partial charge in [0.15, 0.2) is 5.84 Å². The molecule has 5 rings (SSSR count). The number of aromatic nitrogens is 1. The number of hydrogen-bond acceptors (Lipinski definition) is 6. The van der Waals surface area contributed by atoms with Crippen molar-refractivity contribution in [3.63, 3.8) is 0 Å². The second kappa shape index (κ2) is 7.26. The van der Waals surface area contributed by atoms with Crippen LogP contribution in [0, 0.1) is 6.92 Å². The van der Waals surface area contributed by atoms with E-state index in [9.17, 15) is 4.79 Å². The normalized spacial score (nSPS) is 16.3. The molecule has 30 heavy (non-hydrogen) atoms. The van der Waals surface area contributed by atoms with E-state index >= 15 is 0 Å². The maximum Gasteiger partial charge on any atom is 0.263 e. The summed E-state index contributed by atoms with van der Waals surface area (Å²) in [5.41, 5.74) is 3.66. The van der Waals surface area contributed by atoms with Crippen LogP contribution >= 0.6 is 0 Å². The maximum absolute atomic E-state index is 13.6. The third-order valence-electron chi connectivity index (χ3n) is 5.60. The van der Waals surface area contributed by atoms with Gasteiger partial charge in [-0.15, -0.1) is 0 Å². The molecule has 7 nitrogen and oxygen atoms in total. The van der Waals surface area contributed by atoms with E-state index in [0.29, 0.717) is 13.3 Å². The Hall–Kier alpha value is -3.74. The van der Waals surface area contributed by atoms with Crippen molar-refractivity contribution in [3.8, 4) is 5.69 Å². The largest absolute Gasteiger partial charge is 0.362 e. The molecule has 2 aliphatic heterocycles. The maximum atomic E-state index is 13.6. The Morgan fingerprint density at radius 2 is 1.90 bits per heavy atom. The minimum atomic E-state index is -0.125. The summed E-state index contributed by atoms with van der Waals surface area (Å²) >= 11 is 0. The van der Waals surface area contributed by atoms with Crippen molar-refractivity contribution in [1.29, 1.82) is 0 Å². The number of benzene rings is 2. The molecule has 0 amide bonds. The molecule has 0 spiro atoms. The van der Waals surface area contributed by atoms with Crippen molar-refractivity contribution in [1.82, 2.24) is 25.8 Å². The Labute approximate surface area is 174 Å². The molecule has 0 radical (unpaired) electrons. The van der Waals surface area contributed by atoms with Gasteiger partial charge in [0.05, 0.1) is 18.1 Å². The van der Waals surface area contributed by atoms with Crippen molar-refractivity contribution in [2.24, 2.45) is 4.99 Å². The molecule has 2 aliphatic rings. The second-order valence-electron chi connectivity index (χ2n) is 7.57. The molecule has 1 atom stereocenters. The average molecular weight is 400 g/mol. The van der Waals surface area contributed by atoms with Crippen molar-refractivity contribution in [3.05, 3.63) is 87.7 Å². The van der Waals surface area contributed by atoms with E-state index in [0.717, 1.165) is 45.1 Å².